The summed E-state index contributed by atoms with van der Waals surface area (Å²) in [4.78, 5) is 34.8. The van der Waals surface area contributed by atoms with Crippen LogP contribution < -0.4 is 29.0 Å². The number of rotatable bonds is 8. The maximum Gasteiger partial charge on any atom is 0.328 e. The molecular formula is C29H23N5O7. The van der Waals surface area contributed by atoms with Crippen molar-refractivity contribution in [3.8, 4) is 52.6 Å². The SMILES string of the molecule is COc1cc(Oc2nc(Oc3cc(C#N)ccc3Oc3ccccc3)nc3c2NC(=O)CO3)cc(C(=O)N(C)C)c1. The van der Waals surface area contributed by atoms with E-state index >= 15 is 0 Å². The van der Waals surface area contributed by atoms with Crippen LogP contribution in [0.5, 0.6) is 46.5 Å². The van der Waals surface area contributed by atoms with Crippen LogP contribution in [0.4, 0.5) is 5.69 Å². The molecule has 2 heterocycles. The Bertz CT molecular complexity index is 1670. The highest BCUT2D eigenvalue weighted by molar-refractivity contribution is 5.96. The van der Waals surface area contributed by atoms with E-state index in [2.05, 4.69) is 21.4 Å². The Balaban J connectivity index is 1.54. The van der Waals surface area contributed by atoms with Gasteiger partial charge in [-0.1, -0.05) is 18.2 Å². The number of amides is 2. The van der Waals surface area contributed by atoms with E-state index in [1.54, 1.807) is 50.5 Å². The van der Waals surface area contributed by atoms with Gasteiger partial charge in [0.25, 0.3) is 17.7 Å². The lowest BCUT2D eigenvalue weighted by Gasteiger charge is -2.20. The molecule has 0 unspecified atom stereocenters. The summed E-state index contributed by atoms with van der Waals surface area (Å²) in [7, 11) is 4.70. The number of methoxy groups -OCH3 is 1. The minimum Gasteiger partial charge on any atom is -0.497 e. The molecule has 0 saturated heterocycles. The van der Waals surface area contributed by atoms with Crippen LogP contribution >= 0.6 is 0 Å². The summed E-state index contributed by atoms with van der Waals surface area (Å²) < 4.78 is 28.8. The molecule has 2 amide bonds. The zero-order chi connectivity index (χ0) is 28.9. The molecule has 12 heteroatoms. The van der Waals surface area contributed by atoms with Crippen LogP contribution in [-0.4, -0.2) is 54.5 Å². The van der Waals surface area contributed by atoms with Gasteiger partial charge >= 0.3 is 6.01 Å². The van der Waals surface area contributed by atoms with Gasteiger partial charge in [0.1, 0.15) is 17.2 Å². The zero-order valence-corrected chi connectivity index (χ0v) is 22.2. The monoisotopic (exact) mass is 553 g/mol. The number of fused-ring (bicyclic) bond motifs is 1. The van der Waals surface area contributed by atoms with Gasteiger partial charge in [-0.15, -0.1) is 0 Å². The quantitative estimate of drug-likeness (QED) is 0.324. The van der Waals surface area contributed by atoms with Gasteiger partial charge in [-0.25, -0.2) is 0 Å². The van der Waals surface area contributed by atoms with Crippen molar-refractivity contribution < 1.29 is 33.3 Å². The summed E-state index contributed by atoms with van der Waals surface area (Å²) in [6.45, 7) is -0.282. The van der Waals surface area contributed by atoms with E-state index in [1.807, 2.05) is 18.2 Å². The Kier molecular flexibility index (Phi) is 7.51. The van der Waals surface area contributed by atoms with Gasteiger partial charge in [-0.05, 0) is 36.4 Å². The van der Waals surface area contributed by atoms with Crippen LogP contribution in [0.25, 0.3) is 0 Å². The van der Waals surface area contributed by atoms with Crippen molar-refractivity contribution in [2.45, 2.75) is 0 Å². The first-order valence-corrected chi connectivity index (χ1v) is 12.2. The van der Waals surface area contributed by atoms with Gasteiger partial charge < -0.3 is 33.9 Å². The molecule has 0 fully saturated rings. The minimum absolute atomic E-state index is 0.000877. The van der Waals surface area contributed by atoms with Crippen molar-refractivity contribution in [2.24, 2.45) is 0 Å². The normalized spacial score (nSPS) is 11.7. The lowest BCUT2D eigenvalue weighted by molar-refractivity contribution is -0.118. The minimum atomic E-state index is -0.436. The van der Waals surface area contributed by atoms with Crippen LogP contribution in [0.2, 0.25) is 0 Å². The highest BCUT2D eigenvalue weighted by Gasteiger charge is 2.27. The van der Waals surface area contributed by atoms with Crippen molar-refractivity contribution in [1.82, 2.24) is 14.9 Å². The number of nitrogens with one attached hydrogen (secondary N) is 1. The molecule has 1 aliphatic heterocycles. The molecule has 1 aliphatic rings. The second-order valence-corrected chi connectivity index (χ2v) is 8.82. The molecule has 1 N–H and O–H groups in total. The van der Waals surface area contributed by atoms with Crippen molar-refractivity contribution >= 4 is 17.5 Å². The van der Waals surface area contributed by atoms with Crippen molar-refractivity contribution in [1.29, 1.82) is 5.26 Å². The second-order valence-electron chi connectivity index (χ2n) is 8.82. The first kappa shape index (κ1) is 26.8. The summed E-state index contributed by atoms with van der Waals surface area (Å²) in [6.07, 6.45) is 0. The number of carbonyl (C=O) groups is 2. The maximum absolute atomic E-state index is 12.6. The van der Waals surface area contributed by atoms with Crippen molar-refractivity contribution in [2.75, 3.05) is 33.1 Å². The highest BCUT2D eigenvalue weighted by atomic mass is 16.5. The number of ether oxygens (including phenoxy) is 5. The molecule has 41 heavy (non-hydrogen) atoms. The summed E-state index contributed by atoms with van der Waals surface area (Å²) in [5.74, 6) is 0.729. The Hall–Kier alpha value is -5.83. The lowest BCUT2D eigenvalue weighted by atomic mass is 10.2. The molecular weight excluding hydrogens is 530 g/mol. The molecule has 4 aromatic rings. The summed E-state index contributed by atoms with van der Waals surface area (Å²) in [6, 6.07) is 20.1. The predicted molar refractivity (Wildman–Crippen MR) is 145 cm³/mol. The number of benzene rings is 3. The van der Waals surface area contributed by atoms with E-state index in [1.165, 1.54) is 24.1 Å². The molecule has 1 aromatic heterocycles. The van der Waals surface area contributed by atoms with Crippen molar-refractivity contribution in [3.05, 3.63) is 77.9 Å². The fourth-order valence-electron chi connectivity index (χ4n) is 3.74. The number of hydrogen-bond acceptors (Lipinski definition) is 10. The summed E-state index contributed by atoms with van der Waals surface area (Å²) >= 11 is 0. The first-order chi connectivity index (χ1) is 19.8. The molecule has 0 atom stereocenters. The van der Waals surface area contributed by atoms with Gasteiger partial charge in [-0.3, -0.25) is 9.59 Å². The number of para-hydroxylation sites is 1. The van der Waals surface area contributed by atoms with Gasteiger partial charge in [-0.2, -0.15) is 15.2 Å². The molecule has 5 rings (SSSR count). The number of anilines is 1. The van der Waals surface area contributed by atoms with Crippen molar-refractivity contribution in [3.63, 3.8) is 0 Å². The Labute approximate surface area is 234 Å². The Morgan fingerprint density at radius 1 is 0.951 bits per heavy atom. The van der Waals surface area contributed by atoms with Crippen LogP contribution in [0, 0.1) is 11.3 Å². The molecule has 0 aliphatic carbocycles. The van der Waals surface area contributed by atoms with E-state index in [9.17, 15) is 14.9 Å². The van der Waals surface area contributed by atoms with E-state index in [0.717, 1.165) is 0 Å². The third kappa shape index (κ3) is 6.10. The molecule has 12 nitrogen and oxygen atoms in total. The fourth-order valence-corrected chi connectivity index (χ4v) is 3.74. The summed E-state index contributed by atoms with van der Waals surface area (Å²) in [5.41, 5.74) is 0.691. The van der Waals surface area contributed by atoms with Gasteiger partial charge in [0, 0.05) is 31.8 Å². The van der Waals surface area contributed by atoms with E-state index in [4.69, 9.17) is 23.7 Å². The highest BCUT2D eigenvalue weighted by Crippen LogP contribution is 2.41. The number of hydrogen-bond donors (Lipinski definition) is 1. The molecule has 206 valence electrons. The largest absolute Gasteiger partial charge is 0.497 e. The van der Waals surface area contributed by atoms with Gasteiger partial charge in [0.05, 0.1) is 18.7 Å². The molecule has 0 bridgehead atoms. The van der Waals surface area contributed by atoms with Gasteiger partial charge in [0.2, 0.25) is 5.88 Å². The topological polar surface area (TPSA) is 145 Å². The third-order valence-electron chi connectivity index (χ3n) is 5.65. The van der Waals surface area contributed by atoms with E-state index in [0.29, 0.717) is 28.4 Å². The van der Waals surface area contributed by atoms with E-state index in [-0.39, 0.29) is 47.5 Å². The average molecular weight is 554 g/mol. The predicted octanol–water partition coefficient (Wildman–Crippen LogP) is 4.77. The number of nitrogens with zero attached hydrogens (tertiary/aromatic N) is 4. The molecule has 0 spiro atoms. The Morgan fingerprint density at radius 3 is 2.46 bits per heavy atom. The zero-order valence-electron chi connectivity index (χ0n) is 22.2. The lowest BCUT2D eigenvalue weighted by Crippen LogP contribution is -2.26. The second kappa shape index (κ2) is 11.5. The Morgan fingerprint density at radius 2 is 1.73 bits per heavy atom. The number of aromatic nitrogens is 2. The fraction of sp³-hybridized carbons (Fsp3) is 0.138. The summed E-state index contributed by atoms with van der Waals surface area (Å²) in [5, 5.41) is 12.1. The van der Waals surface area contributed by atoms with Crippen LogP contribution in [0.3, 0.4) is 0 Å². The van der Waals surface area contributed by atoms with Crippen LogP contribution in [0.1, 0.15) is 15.9 Å². The van der Waals surface area contributed by atoms with Crippen LogP contribution in [-0.2, 0) is 4.79 Å². The first-order valence-electron chi connectivity index (χ1n) is 12.2. The smallest absolute Gasteiger partial charge is 0.328 e. The van der Waals surface area contributed by atoms with Gasteiger partial charge in [0.15, 0.2) is 23.8 Å². The third-order valence-corrected chi connectivity index (χ3v) is 5.65. The van der Waals surface area contributed by atoms with E-state index < -0.39 is 5.91 Å². The molecule has 0 saturated carbocycles. The maximum atomic E-state index is 12.6. The average Bonchev–Trinajstić information content (AvgIpc) is 2.98. The molecule has 0 radical (unpaired) electrons. The van der Waals surface area contributed by atoms with Crippen LogP contribution in [0.15, 0.2) is 66.7 Å². The number of carbonyl (C=O) groups excluding carboxylic acids is 2. The molecule has 3 aromatic carbocycles. The standard InChI is InChI=1S/C29H23N5O7/c1-34(2)28(36)18-12-20(37-3)14-21(13-18)40-27-25-26(38-16-24(35)31-25)32-29(33-27)41-23-11-17(15-30)9-10-22(23)39-19-7-5-4-6-8-19/h4-14H,16H2,1-3H3,(H,31,35). The number of nitriles is 1.